The Kier molecular flexibility index (Phi) is 4.33. The van der Waals surface area contributed by atoms with Crippen molar-refractivity contribution in [1.29, 1.82) is 0 Å². The van der Waals surface area contributed by atoms with E-state index in [0.29, 0.717) is 0 Å². The molecule has 0 fully saturated rings. The zero-order valence-electron chi connectivity index (χ0n) is 8.55. The second-order valence-electron chi connectivity index (χ2n) is 3.05. The second-order valence-corrected chi connectivity index (χ2v) is 4.39. The van der Waals surface area contributed by atoms with Crippen molar-refractivity contribution in [3.05, 3.63) is 29.3 Å². The average molecular weight is 195 g/mol. The van der Waals surface area contributed by atoms with Crippen molar-refractivity contribution < 1.29 is 0 Å². The molecule has 0 bridgehead atoms. The van der Waals surface area contributed by atoms with E-state index < -0.39 is 0 Å². The van der Waals surface area contributed by atoms with Gasteiger partial charge in [-0.2, -0.15) is 0 Å². The van der Waals surface area contributed by atoms with Crippen LogP contribution in [0.2, 0.25) is 0 Å². The van der Waals surface area contributed by atoms with Crippen molar-refractivity contribution in [1.82, 2.24) is 5.32 Å². The van der Waals surface area contributed by atoms with Gasteiger partial charge >= 0.3 is 0 Å². The van der Waals surface area contributed by atoms with Crippen LogP contribution in [-0.2, 0) is 6.54 Å². The summed E-state index contributed by atoms with van der Waals surface area (Å²) in [5.74, 6) is 1.14. The Morgan fingerprint density at radius 3 is 2.69 bits per heavy atom. The van der Waals surface area contributed by atoms with Gasteiger partial charge in [0.1, 0.15) is 0 Å². The molecule has 72 valence electrons. The molecule has 0 aromatic heterocycles. The van der Waals surface area contributed by atoms with Crippen LogP contribution in [0.4, 0.5) is 0 Å². The molecule has 0 unspecified atom stereocenters. The van der Waals surface area contributed by atoms with Crippen LogP contribution in [-0.4, -0.2) is 12.8 Å². The molecule has 0 aliphatic carbocycles. The minimum atomic E-state index is 0.961. The summed E-state index contributed by atoms with van der Waals surface area (Å²) < 4.78 is 0. The van der Waals surface area contributed by atoms with Crippen LogP contribution < -0.4 is 5.32 Å². The third kappa shape index (κ3) is 3.05. The van der Waals surface area contributed by atoms with Crippen LogP contribution in [0.3, 0.4) is 0 Å². The van der Waals surface area contributed by atoms with Gasteiger partial charge in [0.25, 0.3) is 0 Å². The first-order chi connectivity index (χ1) is 6.27. The SMILES string of the molecule is CCSc1ccc(CNC)c(C)c1. The fraction of sp³-hybridized carbons (Fsp3) is 0.455. The van der Waals surface area contributed by atoms with Crippen LogP contribution in [0, 0.1) is 6.92 Å². The highest BCUT2D eigenvalue weighted by atomic mass is 32.2. The molecule has 1 rings (SSSR count). The molecule has 0 amide bonds. The summed E-state index contributed by atoms with van der Waals surface area (Å²) in [6.45, 7) is 5.32. The molecule has 1 nitrogen and oxygen atoms in total. The summed E-state index contributed by atoms with van der Waals surface area (Å²) in [5.41, 5.74) is 2.77. The van der Waals surface area contributed by atoms with E-state index in [-0.39, 0.29) is 0 Å². The minimum Gasteiger partial charge on any atom is -0.316 e. The molecule has 0 saturated carbocycles. The number of rotatable bonds is 4. The highest BCUT2D eigenvalue weighted by Gasteiger charge is 1.98. The van der Waals surface area contributed by atoms with E-state index >= 15 is 0 Å². The molecular weight excluding hydrogens is 178 g/mol. The maximum Gasteiger partial charge on any atom is 0.0205 e. The van der Waals surface area contributed by atoms with Crippen molar-refractivity contribution >= 4 is 11.8 Å². The van der Waals surface area contributed by atoms with Gasteiger partial charge in [-0.15, -0.1) is 11.8 Å². The van der Waals surface area contributed by atoms with Gasteiger partial charge in [0.05, 0.1) is 0 Å². The first-order valence-corrected chi connectivity index (χ1v) is 5.63. The smallest absolute Gasteiger partial charge is 0.0205 e. The second kappa shape index (κ2) is 5.30. The zero-order valence-corrected chi connectivity index (χ0v) is 9.37. The number of thioether (sulfide) groups is 1. The molecule has 0 radical (unpaired) electrons. The molecular formula is C11H17NS. The van der Waals surface area contributed by atoms with Crippen molar-refractivity contribution in [3.63, 3.8) is 0 Å². The molecule has 0 heterocycles. The summed E-state index contributed by atoms with van der Waals surface area (Å²) in [6.07, 6.45) is 0. The third-order valence-corrected chi connectivity index (χ3v) is 2.87. The zero-order chi connectivity index (χ0) is 9.68. The van der Waals surface area contributed by atoms with E-state index in [1.54, 1.807) is 0 Å². The van der Waals surface area contributed by atoms with E-state index in [1.807, 2.05) is 18.8 Å². The Balaban J connectivity index is 2.79. The fourth-order valence-corrected chi connectivity index (χ4v) is 2.07. The lowest BCUT2D eigenvalue weighted by Gasteiger charge is -2.06. The number of benzene rings is 1. The van der Waals surface area contributed by atoms with E-state index in [1.165, 1.54) is 16.0 Å². The Morgan fingerprint density at radius 2 is 2.15 bits per heavy atom. The fourth-order valence-electron chi connectivity index (χ4n) is 1.31. The van der Waals surface area contributed by atoms with Gasteiger partial charge in [-0.1, -0.05) is 13.0 Å². The van der Waals surface area contributed by atoms with Crippen LogP contribution in [0.1, 0.15) is 18.1 Å². The van der Waals surface area contributed by atoms with Gasteiger partial charge in [0.15, 0.2) is 0 Å². The Morgan fingerprint density at radius 1 is 1.38 bits per heavy atom. The van der Waals surface area contributed by atoms with Crippen LogP contribution >= 0.6 is 11.8 Å². The summed E-state index contributed by atoms with van der Waals surface area (Å²) in [5, 5.41) is 3.17. The van der Waals surface area contributed by atoms with Gasteiger partial charge in [-0.05, 0) is 43.0 Å². The van der Waals surface area contributed by atoms with E-state index in [2.05, 4.69) is 37.4 Å². The maximum atomic E-state index is 3.17. The molecule has 1 N–H and O–H groups in total. The standard InChI is InChI=1S/C11H17NS/c1-4-13-11-6-5-10(8-12-3)9(2)7-11/h5-7,12H,4,8H2,1-3H3. The summed E-state index contributed by atoms with van der Waals surface area (Å²) >= 11 is 1.90. The average Bonchev–Trinajstić information content (AvgIpc) is 2.10. The van der Waals surface area contributed by atoms with E-state index in [4.69, 9.17) is 0 Å². The molecule has 1 aromatic carbocycles. The minimum absolute atomic E-state index is 0.961. The van der Waals surface area contributed by atoms with Gasteiger partial charge in [0, 0.05) is 11.4 Å². The third-order valence-electron chi connectivity index (χ3n) is 1.99. The first-order valence-electron chi connectivity index (χ1n) is 4.65. The van der Waals surface area contributed by atoms with Crippen LogP contribution in [0.5, 0.6) is 0 Å². The van der Waals surface area contributed by atoms with Crippen molar-refractivity contribution in [2.45, 2.75) is 25.3 Å². The Hall–Kier alpha value is -0.470. The molecule has 0 spiro atoms. The molecule has 13 heavy (non-hydrogen) atoms. The summed E-state index contributed by atoms with van der Waals surface area (Å²) in [6, 6.07) is 6.68. The van der Waals surface area contributed by atoms with Gasteiger partial charge < -0.3 is 5.32 Å². The van der Waals surface area contributed by atoms with Gasteiger partial charge in [-0.25, -0.2) is 0 Å². The largest absolute Gasteiger partial charge is 0.316 e. The predicted octanol–water partition coefficient (Wildman–Crippen LogP) is 2.83. The van der Waals surface area contributed by atoms with Crippen molar-refractivity contribution in [3.8, 4) is 0 Å². The predicted molar refractivity (Wildman–Crippen MR) is 60.3 cm³/mol. The molecule has 1 aromatic rings. The van der Waals surface area contributed by atoms with Gasteiger partial charge in [0.2, 0.25) is 0 Å². The van der Waals surface area contributed by atoms with Crippen LogP contribution in [0.25, 0.3) is 0 Å². The molecule has 0 atom stereocenters. The number of nitrogens with one attached hydrogen (secondary N) is 1. The lowest BCUT2D eigenvalue weighted by molar-refractivity contribution is 0.811. The monoisotopic (exact) mass is 195 g/mol. The highest BCUT2D eigenvalue weighted by Crippen LogP contribution is 2.20. The molecule has 0 aliphatic rings. The number of aryl methyl sites for hydroxylation is 1. The summed E-state index contributed by atoms with van der Waals surface area (Å²) in [7, 11) is 1.98. The van der Waals surface area contributed by atoms with Crippen molar-refractivity contribution in [2.75, 3.05) is 12.8 Å². The molecule has 0 saturated heterocycles. The molecule has 2 heteroatoms. The highest BCUT2D eigenvalue weighted by molar-refractivity contribution is 7.99. The number of hydrogen-bond acceptors (Lipinski definition) is 2. The molecule has 0 aliphatic heterocycles. The van der Waals surface area contributed by atoms with Crippen LogP contribution in [0.15, 0.2) is 23.1 Å². The van der Waals surface area contributed by atoms with Crippen molar-refractivity contribution in [2.24, 2.45) is 0 Å². The maximum absolute atomic E-state index is 3.17. The van der Waals surface area contributed by atoms with E-state index in [0.717, 1.165) is 12.3 Å². The van der Waals surface area contributed by atoms with Gasteiger partial charge in [-0.3, -0.25) is 0 Å². The topological polar surface area (TPSA) is 12.0 Å². The number of hydrogen-bond donors (Lipinski definition) is 1. The first kappa shape index (κ1) is 10.6. The van der Waals surface area contributed by atoms with E-state index in [9.17, 15) is 0 Å². The quantitative estimate of drug-likeness (QED) is 0.741. The normalized spacial score (nSPS) is 10.4. The Labute approximate surface area is 84.9 Å². The lowest BCUT2D eigenvalue weighted by Crippen LogP contribution is -2.06. The lowest BCUT2D eigenvalue weighted by atomic mass is 10.1. The summed E-state index contributed by atoms with van der Waals surface area (Å²) in [4.78, 5) is 1.37. The Bertz CT molecular complexity index is 271.